The van der Waals surface area contributed by atoms with E-state index in [0.29, 0.717) is 35.3 Å². The predicted molar refractivity (Wildman–Crippen MR) is 149 cm³/mol. The zero-order valence-corrected chi connectivity index (χ0v) is 22.1. The Balaban J connectivity index is 1.30. The molecule has 0 amide bonds. The fourth-order valence-corrected chi connectivity index (χ4v) is 3.84. The van der Waals surface area contributed by atoms with Gasteiger partial charge in [-0.3, -0.25) is 9.36 Å². The van der Waals surface area contributed by atoms with Crippen molar-refractivity contribution in [2.24, 2.45) is 0 Å². The van der Waals surface area contributed by atoms with Gasteiger partial charge in [-0.05, 0) is 66.9 Å². The lowest BCUT2D eigenvalue weighted by Crippen LogP contribution is -2.29. The summed E-state index contributed by atoms with van der Waals surface area (Å²) in [6.07, 6.45) is 3.65. The van der Waals surface area contributed by atoms with Crippen LogP contribution in [0.5, 0.6) is 17.4 Å². The van der Waals surface area contributed by atoms with E-state index in [-0.39, 0.29) is 24.5 Å². The molecule has 41 heavy (non-hydrogen) atoms. The van der Waals surface area contributed by atoms with Gasteiger partial charge in [-0.1, -0.05) is 36.9 Å². The fourth-order valence-electron chi connectivity index (χ4n) is 3.84. The summed E-state index contributed by atoms with van der Waals surface area (Å²) in [5.74, 6) is -1.49. The standard InChI is InChI=1S/C31H28N2O8/c1-2-28(35)40-19-7-6-18-39-25-14-12-24(13-15-25)30(37)41-26-16-10-23(11-17-26)29(36)33-27(34)21-32(31(33)38)20-22-8-4-3-5-9-22/h2-5,8-17,21,34H,1,6-7,18-20H2. The fraction of sp³-hybridized carbons (Fsp3) is 0.161. The van der Waals surface area contributed by atoms with E-state index in [9.17, 15) is 24.3 Å². The van der Waals surface area contributed by atoms with Crippen LogP contribution in [0.2, 0.25) is 0 Å². The van der Waals surface area contributed by atoms with E-state index in [4.69, 9.17) is 14.2 Å². The third kappa shape index (κ3) is 7.60. The van der Waals surface area contributed by atoms with Gasteiger partial charge in [-0.15, -0.1) is 0 Å². The summed E-state index contributed by atoms with van der Waals surface area (Å²) in [6.45, 7) is 4.24. The highest BCUT2D eigenvalue weighted by Gasteiger charge is 2.19. The molecule has 10 heteroatoms. The molecular formula is C31H28N2O8. The minimum Gasteiger partial charge on any atom is -0.494 e. The van der Waals surface area contributed by atoms with Crippen LogP contribution < -0.4 is 15.2 Å². The lowest BCUT2D eigenvalue weighted by Gasteiger charge is -2.08. The first-order chi connectivity index (χ1) is 19.9. The second-order valence-electron chi connectivity index (χ2n) is 8.89. The highest BCUT2D eigenvalue weighted by atomic mass is 16.5. The summed E-state index contributed by atoms with van der Waals surface area (Å²) >= 11 is 0. The lowest BCUT2D eigenvalue weighted by molar-refractivity contribution is -0.137. The van der Waals surface area contributed by atoms with E-state index >= 15 is 0 Å². The molecule has 1 heterocycles. The Morgan fingerprint density at radius 2 is 1.46 bits per heavy atom. The van der Waals surface area contributed by atoms with Crippen molar-refractivity contribution < 1.29 is 33.7 Å². The number of rotatable bonds is 12. The molecule has 3 aromatic carbocycles. The van der Waals surface area contributed by atoms with Gasteiger partial charge in [-0.2, -0.15) is 4.57 Å². The van der Waals surface area contributed by atoms with Gasteiger partial charge < -0.3 is 19.3 Å². The second kappa shape index (κ2) is 13.6. The van der Waals surface area contributed by atoms with Gasteiger partial charge in [0.05, 0.1) is 31.5 Å². The van der Waals surface area contributed by atoms with Crippen molar-refractivity contribution in [2.45, 2.75) is 19.4 Å². The minimum atomic E-state index is -0.717. The normalized spacial score (nSPS) is 10.5. The molecule has 210 valence electrons. The SMILES string of the molecule is C=CC(=O)OCCCCOc1ccc(C(=O)Oc2ccc(C(=O)n3c(O)cn(Cc4ccccc4)c3=O)cc2)cc1. The number of aromatic hydroxyl groups is 1. The third-order valence-electron chi connectivity index (χ3n) is 5.96. The summed E-state index contributed by atoms with van der Waals surface area (Å²) in [4.78, 5) is 49.3. The van der Waals surface area contributed by atoms with E-state index in [1.807, 2.05) is 30.3 Å². The summed E-state index contributed by atoms with van der Waals surface area (Å²) < 4.78 is 17.8. The van der Waals surface area contributed by atoms with E-state index in [0.717, 1.165) is 11.6 Å². The summed E-state index contributed by atoms with van der Waals surface area (Å²) in [5, 5.41) is 10.3. The van der Waals surface area contributed by atoms with Crippen LogP contribution in [0.1, 0.15) is 39.1 Å². The number of hydrogen-bond donors (Lipinski definition) is 1. The second-order valence-corrected chi connectivity index (χ2v) is 8.89. The van der Waals surface area contributed by atoms with E-state index in [1.54, 1.807) is 24.3 Å². The van der Waals surface area contributed by atoms with Crippen molar-refractivity contribution in [1.82, 2.24) is 9.13 Å². The Morgan fingerprint density at radius 3 is 2.15 bits per heavy atom. The zero-order valence-electron chi connectivity index (χ0n) is 22.1. The molecule has 0 aliphatic rings. The molecule has 4 rings (SSSR count). The number of hydrogen-bond acceptors (Lipinski definition) is 8. The van der Waals surface area contributed by atoms with Crippen LogP contribution in [0.3, 0.4) is 0 Å². The molecule has 0 spiro atoms. The molecule has 0 fully saturated rings. The number of ether oxygens (including phenoxy) is 3. The molecule has 1 N–H and O–H groups in total. The smallest absolute Gasteiger partial charge is 0.343 e. The first kappa shape index (κ1) is 28.6. The Bertz CT molecular complexity index is 1570. The summed E-state index contributed by atoms with van der Waals surface area (Å²) in [6, 6.07) is 21.3. The number of aromatic nitrogens is 2. The number of benzene rings is 3. The van der Waals surface area contributed by atoms with Crippen molar-refractivity contribution >= 4 is 17.8 Å². The molecule has 0 atom stereocenters. The molecule has 0 radical (unpaired) electrons. The van der Waals surface area contributed by atoms with E-state index in [1.165, 1.54) is 35.0 Å². The van der Waals surface area contributed by atoms with Gasteiger partial charge in [0.2, 0.25) is 5.88 Å². The van der Waals surface area contributed by atoms with Gasteiger partial charge >= 0.3 is 17.6 Å². The minimum absolute atomic E-state index is 0.125. The molecule has 0 saturated carbocycles. The van der Waals surface area contributed by atoms with E-state index < -0.39 is 29.4 Å². The Labute approximate surface area is 235 Å². The molecule has 0 aliphatic carbocycles. The van der Waals surface area contributed by atoms with Crippen LogP contribution in [0.4, 0.5) is 0 Å². The van der Waals surface area contributed by atoms with Crippen molar-refractivity contribution in [3.05, 3.63) is 125 Å². The average Bonchev–Trinajstić information content (AvgIpc) is 3.27. The van der Waals surface area contributed by atoms with Crippen LogP contribution in [0, 0.1) is 0 Å². The molecule has 1 aromatic heterocycles. The maximum atomic E-state index is 13.0. The third-order valence-corrected chi connectivity index (χ3v) is 5.96. The molecule has 10 nitrogen and oxygen atoms in total. The monoisotopic (exact) mass is 556 g/mol. The van der Waals surface area contributed by atoms with Crippen molar-refractivity contribution in [3.63, 3.8) is 0 Å². The van der Waals surface area contributed by atoms with Crippen LogP contribution in [0.15, 0.2) is 103 Å². The average molecular weight is 557 g/mol. The largest absolute Gasteiger partial charge is 0.494 e. The zero-order chi connectivity index (χ0) is 29.2. The van der Waals surface area contributed by atoms with Crippen molar-refractivity contribution in [2.75, 3.05) is 13.2 Å². The highest BCUT2D eigenvalue weighted by molar-refractivity contribution is 5.97. The molecule has 0 bridgehead atoms. The number of carbonyl (C=O) groups is 3. The van der Waals surface area contributed by atoms with Gasteiger partial charge in [-0.25, -0.2) is 14.4 Å². The van der Waals surface area contributed by atoms with Crippen LogP contribution in [-0.2, 0) is 16.1 Å². The van der Waals surface area contributed by atoms with Crippen LogP contribution in [0.25, 0.3) is 0 Å². The predicted octanol–water partition coefficient (Wildman–Crippen LogP) is 4.20. The maximum Gasteiger partial charge on any atom is 0.343 e. The van der Waals surface area contributed by atoms with Crippen molar-refractivity contribution in [3.8, 4) is 17.4 Å². The number of imidazole rings is 1. The lowest BCUT2D eigenvalue weighted by atomic mass is 10.2. The van der Waals surface area contributed by atoms with Crippen molar-refractivity contribution in [1.29, 1.82) is 0 Å². The van der Waals surface area contributed by atoms with Crippen LogP contribution >= 0.6 is 0 Å². The number of unbranched alkanes of at least 4 members (excludes halogenated alkanes) is 1. The summed E-state index contributed by atoms with van der Waals surface area (Å²) in [7, 11) is 0. The summed E-state index contributed by atoms with van der Waals surface area (Å²) in [5.41, 5.74) is 0.589. The Kier molecular flexibility index (Phi) is 9.50. The van der Waals surface area contributed by atoms with Gasteiger partial charge in [0, 0.05) is 11.6 Å². The van der Waals surface area contributed by atoms with Gasteiger partial charge in [0.1, 0.15) is 11.5 Å². The van der Waals surface area contributed by atoms with Crippen LogP contribution in [-0.4, -0.2) is 45.3 Å². The number of esters is 2. The topological polar surface area (TPSA) is 126 Å². The van der Waals surface area contributed by atoms with Gasteiger partial charge in [0.25, 0.3) is 5.91 Å². The van der Waals surface area contributed by atoms with E-state index in [2.05, 4.69) is 6.58 Å². The molecule has 4 aromatic rings. The number of nitrogens with zero attached hydrogens (tertiary/aromatic N) is 2. The first-order valence-corrected chi connectivity index (χ1v) is 12.8. The maximum absolute atomic E-state index is 13.0. The quantitative estimate of drug-likeness (QED) is 0.119. The Hall–Kier alpha value is -5.38. The molecular weight excluding hydrogens is 528 g/mol. The first-order valence-electron chi connectivity index (χ1n) is 12.8. The Morgan fingerprint density at radius 1 is 0.829 bits per heavy atom. The number of carbonyl (C=O) groups excluding carboxylic acids is 3. The molecule has 0 saturated heterocycles. The highest BCUT2D eigenvalue weighted by Crippen LogP contribution is 2.19. The molecule has 0 unspecified atom stereocenters. The van der Waals surface area contributed by atoms with Gasteiger partial charge in [0.15, 0.2) is 0 Å². The molecule has 0 aliphatic heterocycles.